The van der Waals surface area contributed by atoms with Crippen molar-refractivity contribution in [3.8, 4) is 23.1 Å². The molecule has 0 aliphatic carbocycles. The van der Waals surface area contributed by atoms with Gasteiger partial charge in [0.2, 0.25) is 0 Å². The van der Waals surface area contributed by atoms with Crippen molar-refractivity contribution >= 4 is 5.69 Å². The number of ether oxygens (including phenoxy) is 1. The molecule has 1 atom stereocenters. The molecule has 0 radical (unpaired) electrons. The van der Waals surface area contributed by atoms with Crippen LogP contribution in [0.5, 0.6) is 5.75 Å². The van der Waals surface area contributed by atoms with Gasteiger partial charge in [0.1, 0.15) is 17.5 Å². The summed E-state index contributed by atoms with van der Waals surface area (Å²) in [5.74, 6) is 0.653. The van der Waals surface area contributed by atoms with Crippen LogP contribution in [-0.4, -0.2) is 39.4 Å². The minimum atomic E-state index is -0.620. The Bertz CT molecular complexity index is 1250. The predicted molar refractivity (Wildman–Crippen MR) is 104 cm³/mol. The number of nitrogens with one attached hydrogen (secondary N) is 3. The van der Waals surface area contributed by atoms with E-state index in [0.717, 1.165) is 0 Å². The molecular formula is C19H16N6O4. The molecule has 4 rings (SSSR count). The number of aromatic amines is 3. The maximum absolute atomic E-state index is 12.3. The molecule has 146 valence electrons. The van der Waals surface area contributed by atoms with Crippen molar-refractivity contribution in [3.63, 3.8) is 0 Å². The number of hydrogen-bond donors (Lipinski definition) is 3. The van der Waals surface area contributed by atoms with Crippen LogP contribution in [0.25, 0.3) is 11.3 Å². The van der Waals surface area contributed by atoms with E-state index in [-0.39, 0.29) is 22.9 Å². The number of rotatable bonds is 4. The zero-order valence-corrected chi connectivity index (χ0v) is 15.1. The van der Waals surface area contributed by atoms with E-state index in [0.29, 0.717) is 36.5 Å². The Labute approximate surface area is 163 Å². The van der Waals surface area contributed by atoms with E-state index in [2.05, 4.69) is 26.2 Å². The zero-order valence-electron chi connectivity index (χ0n) is 15.1. The Balaban J connectivity index is 1.54. The number of benzene rings is 1. The number of anilines is 1. The molecule has 0 spiro atoms. The van der Waals surface area contributed by atoms with Gasteiger partial charge in [-0.05, 0) is 30.3 Å². The molecule has 0 saturated carbocycles. The summed E-state index contributed by atoms with van der Waals surface area (Å²) in [7, 11) is 0. The SMILES string of the molecule is N#Cc1ccc(OC2CCN(c3cc(-c4c[nH]c(=O)[nH]c4=O)n[nH]c3=O)C2)cc1. The molecule has 1 aromatic carbocycles. The third-order valence-electron chi connectivity index (χ3n) is 4.65. The van der Waals surface area contributed by atoms with Crippen LogP contribution in [0.3, 0.4) is 0 Å². The van der Waals surface area contributed by atoms with Crippen LogP contribution in [0.2, 0.25) is 0 Å². The summed E-state index contributed by atoms with van der Waals surface area (Å²) >= 11 is 0. The second kappa shape index (κ2) is 7.47. The second-order valence-electron chi connectivity index (χ2n) is 6.56. The van der Waals surface area contributed by atoms with Crippen molar-refractivity contribution in [2.45, 2.75) is 12.5 Å². The topological polar surface area (TPSA) is 148 Å². The molecule has 1 saturated heterocycles. The van der Waals surface area contributed by atoms with E-state index < -0.39 is 11.2 Å². The molecule has 3 heterocycles. The highest BCUT2D eigenvalue weighted by molar-refractivity contribution is 5.62. The summed E-state index contributed by atoms with van der Waals surface area (Å²) in [6.07, 6.45) is 1.83. The van der Waals surface area contributed by atoms with Gasteiger partial charge in [-0.2, -0.15) is 10.4 Å². The van der Waals surface area contributed by atoms with Crippen LogP contribution in [0, 0.1) is 11.3 Å². The first-order valence-electron chi connectivity index (χ1n) is 8.87. The number of hydrogen-bond acceptors (Lipinski definition) is 7. The van der Waals surface area contributed by atoms with Crippen LogP contribution in [0.4, 0.5) is 5.69 Å². The van der Waals surface area contributed by atoms with Gasteiger partial charge in [-0.25, -0.2) is 9.89 Å². The van der Waals surface area contributed by atoms with E-state index in [9.17, 15) is 14.4 Å². The maximum Gasteiger partial charge on any atom is 0.325 e. The molecule has 0 bridgehead atoms. The van der Waals surface area contributed by atoms with Gasteiger partial charge in [0.25, 0.3) is 11.1 Å². The molecule has 1 aliphatic rings. The molecular weight excluding hydrogens is 376 g/mol. The van der Waals surface area contributed by atoms with Crippen LogP contribution in [0.15, 0.2) is 50.9 Å². The summed E-state index contributed by atoms with van der Waals surface area (Å²) in [6.45, 7) is 1.07. The zero-order chi connectivity index (χ0) is 20.4. The predicted octanol–water partition coefficient (Wildman–Crippen LogP) is 0.343. The van der Waals surface area contributed by atoms with Crippen molar-refractivity contribution in [1.82, 2.24) is 20.2 Å². The fraction of sp³-hybridized carbons (Fsp3) is 0.211. The van der Waals surface area contributed by atoms with Crippen molar-refractivity contribution in [3.05, 3.63) is 73.3 Å². The number of nitriles is 1. The lowest BCUT2D eigenvalue weighted by molar-refractivity contribution is 0.225. The van der Waals surface area contributed by atoms with Crippen molar-refractivity contribution in [2.24, 2.45) is 0 Å². The molecule has 29 heavy (non-hydrogen) atoms. The fourth-order valence-electron chi connectivity index (χ4n) is 3.21. The first-order chi connectivity index (χ1) is 14.0. The van der Waals surface area contributed by atoms with E-state index in [1.807, 2.05) is 4.90 Å². The Kier molecular flexibility index (Phi) is 4.70. The van der Waals surface area contributed by atoms with E-state index >= 15 is 0 Å². The molecule has 1 unspecified atom stereocenters. The quantitative estimate of drug-likeness (QED) is 0.580. The normalized spacial score (nSPS) is 15.8. The monoisotopic (exact) mass is 392 g/mol. The Hall–Kier alpha value is -4.13. The minimum absolute atomic E-state index is 0.129. The third kappa shape index (κ3) is 3.79. The third-order valence-corrected chi connectivity index (χ3v) is 4.65. The molecule has 3 aromatic rings. The number of nitrogens with zero attached hydrogens (tertiary/aromatic N) is 3. The van der Waals surface area contributed by atoms with E-state index in [4.69, 9.17) is 10.00 Å². The average molecular weight is 392 g/mol. The smallest absolute Gasteiger partial charge is 0.325 e. The first kappa shape index (κ1) is 18.2. The van der Waals surface area contributed by atoms with Gasteiger partial charge in [0, 0.05) is 19.2 Å². The van der Waals surface area contributed by atoms with Gasteiger partial charge < -0.3 is 14.6 Å². The van der Waals surface area contributed by atoms with Gasteiger partial charge in [0.15, 0.2) is 0 Å². The lowest BCUT2D eigenvalue weighted by atomic mass is 10.2. The van der Waals surface area contributed by atoms with Crippen molar-refractivity contribution in [1.29, 1.82) is 5.26 Å². The van der Waals surface area contributed by atoms with Crippen LogP contribution in [-0.2, 0) is 0 Å². The molecule has 2 aromatic heterocycles. The molecule has 10 nitrogen and oxygen atoms in total. The van der Waals surface area contributed by atoms with Gasteiger partial charge in [-0.3, -0.25) is 14.6 Å². The van der Waals surface area contributed by atoms with Gasteiger partial charge in [-0.15, -0.1) is 0 Å². The highest BCUT2D eigenvalue weighted by Crippen LogP contribution is 2.23. The Morgan fingerprint density at radius 1 is 1.17 bits per heavy atom. The molecule has 1 fully saturated rings. The minimum Gasteiger partial charge on any atom is -0.489 e. The molecule has 3 N–H and O–H groups in total. The van der Waals surface area contributed by atoms with Crippen molar-refractivity contribution in [2.75, 3.05) is 18.0 Å². The molecule has 1 aliphatic heterocycles. The Morgan fingerprint density at radius 3 is 2.69 bits per heavy atom. The van der Waals surface area contributed by atoms with Gasteiger partial charge in [0.05, 0.1) is 29.4 Å². The molecule has 0 amide bonds. The first-order valence-corrected chi connectivity index (χ1v) is 8.87. The van der Waals surface area contributed by atoms with E-state index in [1.54, 1.807) is 24.3 Å². The summed E-state index contributed by atoms with van der Waals surface area (Å²) in [5, 5.41) is 15.2. The van der Waals surface area contributed by atoms with Crippen LogP contribution >= 0.6 is 0 Å². The van der Waals surface area contributed by atoms with Crippen LogP contribution in [0.1, 0.15) is 12.0 Å². The fourth-order valence-corrected chi connectivity index (χ4v) is 3.21. The highest BCUT2D eigenvalue weighted by Gasteiger charge is 2.26. The largest absolute Gasteiger partial charge is 0.489 e. The van der Waals surface area contributed by atoms with Gasteiger partial charge in [-0.1, -0.05) is 0 Å². The number of aromatic nitrogens is 4. The van der Waals surface area contributed by atoms with Gasteiger partial charge >= 0.3 is 5.69 Å². The lowest BCUT2D eigenvalue weighted by Crippen LogP contribution is -2.30. The maximum atomic E-state index is 12.3. The summed E-state index contributed by atoms with van der Waals surface area (Å²) < 4.78 is 5.94. The number of H-pyrrole nitrogens is 3. The standard InChI is InChI=1S/C19H16N6O4/c20-8-11-1-3-12(4-2-11)29-13-5-6-25(10-13)16-7-15(23-24-18(16)27)14-9-21-19(28)22-17(14)26/h1-4,7,9,13H,5-6,10H2,(H,24,27)(H2,21,22,26,28). The summed E-state index contributed by atoms with van der Waals surface area (Å²) in [6, 6.07) is 10.4. The second-order valence-corrected chi connectivity index (χ2v) is 6.56. The lowest BCUT2D eigenvalue weighted by Gasteiger charge is -2.18. The van der Waals surface area contributed by atoms with E-state index in [1.165, 1.54) is 12.3 Å². The summed E-state index contributed by atoms with van der Waals surface area (Å²) in [5.41, 5.74) is -0.285. The molecule has 10 heteroatoms. The Morgan fingerprint density at radius 2 is 1.97 bits per heavy atom. The van der Waals surface area contributed by atoms with Crippen molar-refractivity contribution < 1.29 is 4.74 Å². The summed E-state index contributed by atoms with van der Waals surface area (Å²) in [4.78, 5) is 41.9. The highest BCUT2D eigenvalue weighted by atomic mass is 16.5. The average Bonchev–Trinajstić information content (AvgIpc) is 3.17. The van der Waals surface area contributed by atoms with Crippen LogP contribution < -0.4 is 26.4 Å².